The number of hydrogen-bond acceptors (Lipinski definition) is 4. The lowest BCUT2D eigenvalue weighted by molar-refractivity contribution is -0.150. The summed E-state index contributed by atoms with van der Waals surface area (Å²) in [6, 6.07) is 4.40. The van der Waals surface area contributed by atoms with Gasteiger partial charge >= 0.3 is 6.03 Å². The van der Waals surface area contributed by atoms with Gasteiger partial charge in [-0.05, 0) is 12.5 Å². The predicted molar refractivity (Wildman–Crippen MR) is 103 cm³/mol. The topological polar surface area (TPSA) is 95.0 Å². The number of amides is 4. The van der Waals surface area contributed by atoms with E-state index in [9.17, 15) is 19.2 Å². The largest absolute Gasteiger partial charge is 0.342 e. The first-order chi connectivity index (χ1) is 13.8. The highest BCUT2D eigenvalue weighted by atomic mass is 16.2. The number of nitrogens with zero attached hydrogens (tertiary/aromatic N) is 4. The zero-order chi connectivity index (χ0) is 20.5. The predicted octanol–water partition coefficient (Wildman–Crippen LogP) is -0.409. The lowest BCUT2D eigenvalue weighted by Crippen LogP contribution is -2.71. The fourth-order valence-electron chi connectivity index (χ4n) is 5.53. The van der Waals surface area contributed by atoms with Crippen LogP contribution in [-0.2, 0) is 9.59 Å². The van der Waals surface area contributed by atoms with Crippen molar-refractivity contribution in [2.24, 2.45) is 5.92 Å². The second-order valence-electron chi connectivity index (χ2n) is 8.86. The normalized spacial score (nSPS) is 29.4. The number of aromatic nitrogens is 1. The average Bonchev–Trinajstić information content (AvgIpc) is 2.96. The molecule has 1 aromatic rings. The minimum atomic E-state index is -0.607. The number of carbonyl (C=O) groups excluding carboxylic acids is 3. The molecular weight excluding hydrogens is 374 g/mol. The third kappa shape index (κ3) is 2.52. The summed E-state index contributed by atoms with van der Waals surface area (Å²) >= 11 is 0. The van der Waals surface area contributed by atoms with Crippen LogP contribution in [0.2, 0.25) is 0 Å². The Labute approximate surface area is 168 Å². The lowest BCUT2D eigenvalue weighted by atomic mass is 9.77. The van der Waals surface area contributed by atoms with E-state index in [2.05, 4.69) is 5.32 Å². The number of hydrogen-bond donors (Lipinski definition) is 1. The Bertz CT molecular complexity index is 966. The van der Waals surface area contributed by atoms with E-state index in [1.54, 1.807) is 39.3 Å². The molecule has 3 saturated heterocycles. The number of pyridine rings is 1. The molecule has 9 heteroatoms. The molecule has 5 heterocycles. The van der Waals surface area contributed by atoms with Gasteiger partial charge in [-0.25, -0.2) is 4.79 Å². The van der Waals surface area contributed by atoms with Gasteiger partial charge in [0.2, 0.25) is 11.8 Å². The van der Waals surface area contributed by atoms with Crippen LogP contribution in [0.1, 0.15) is 31.0 Å². The van der Waals surface area contributed by atoms with E-state index in [0.717, 1.165) is 12.1 Å². The molecule has 1 aromatic heterocycles. The molecule has 9 nitrogen and oxygen atoms in total. The van der Waals surface area contributed by atoms with Crippen molar-refractivity contribution in [3.63, 3.8) is 0 Å². The molecular formula is C20H25N5O4. The minimum absolute atomic E-state index is 0.00213. The number of likely N-dealkylation sites (tertiary alicyclic amines) is 2. The van der Waals surface area contributed by atoms with Gasteiger partial charge in [-0.2, -0.15) is 0 Å². The molecule has 29 heavy (non-hydrogen) atoms. The first-order valence-electron chi connectivity index (χ1n) is 10.1. The highest BCUT2D eigenvalue weighted by Crippen LogP contribution is 2.43. The second-order valence-corrected chi connectivity index (χ2v) is 8.86. The van der Waals surface area contributed by atoms with Crippen LogP contribution < -0.4 is 10.9 Å². The van der Waals surface area contributed by atoms with E-state index >= 15 is 0 Å². The van der Waals surface area contributed by atoms with Crippen molar-refractivity contribution in [1.82, 2.24) is 24.6 Å². The van der Waals surface area contributed by atoms with Crippen LogP contribution in [-0.4, -0.2) is 82.4 Å². The van der Waals surface area contributed by atoms with Crippen LogP contribution in [0.25, 0.3) is 0 Å². The number of urea groups is 1. The molecule has 2 bridgehead atoms. The standard InChI is InChI=1S/C20H25N5O4/c1-12(26)23-7-13-6-14(8-23)17(25-15(13)4-3-5-16(25)27)18(28)24-10-20(11-24)9-21-19(29)22(20)2/h3-5,13-14,17H,6-11H2,1-2H3,(H,21,29)/t13-,14+,17-/m1/s1. The van der Waals surface area contributed by atoms with Crippen molar-refractivity contribution < 1.29 is 14.4 Å². The van der Waals surface area contributed by atoms with E-state index < -0.39 is 6.04 Å². The molecule has 0 aromatic carbocycles. The van der Waals surface area contributed by atoms with Gasteiger partial charge in [-0.1, -0.05) is 6.07 Å². The Morgan fingerprint density at radius 1 is 1.14 bits per heavy atom. The third-order valence-electron chi connectivity index (χ3n) is 7.21. The number of rotatable bonds is 1. The van der Waals surface area contributed by atoms with Crippen molar-refractivity contribution in [3.8, 4) is 0 Å². The quantitative estimate of drug-likeness (QED) is 0.695. The van der Waals surface area contributed by atoms with Crippen LogP contribution >= 0.6 is 0 Å². The Morgan fingerprint density at radius 2 is 1.90 bits per heavy atom. The molecule has 0 saturated carbocycles. The summed E-state index contributed by atoms with van der Waals surface area (Å²) in [6.45, 7) is 4.07. The molecule has 1 spiro atoms. The van der Waals surface area contributed by atoms with E-state index in [0.29, 0.717) is 32.7 Å². The van der Waals surface area contributed by atoms with E-state index in [-0.39, 0.29) is 40.8 Å². The fourth-order valence-corrected chi connectivity index (χ4v) is 5.53. The second kappa shape index (κ2) is 6.08. The summed E-state index contributed by atoms with van der Waals surface area (Å²) < 4.78 is 1.66. The van der Waals surface area contributed by atoms with Crippen LogP contribution in [0, 0.1) is 5.92 Å². The van der Waals surface area contributed by atoms with Gasteiger partial charge in [0.05, 0.1) is 5.54 Å². The van der Waals surface area contributed by atoms with Gasteiger partial charge < -0.3 is 20.0 Å². The Hall–Kier alpha value is -2.84. The maximum absolute atomic E-state index is 13.5. The van der Waals surface area contributed by atoms with Crippen molar-refractivity contribution in [2.45, 2.75) is 30.8 Å². The zero-order valence-electron chi connectivity index (χ0n) is 16.6. The average molecular weight is 399 g/mol. The molecule has 3 fully saturated rings. The minimum Gasteiger partial charge on any atom is -0.342 e. The maximum atomic E-state index is 13.5. The lowest BCUT2D eigenvalue weighted by Gasteiger charge is -2.53. The molecule has 5 rings (SSSR count). The van der Waals surface area contributed by atoms with Crippen molar-refractivity contribution >= 4 is 17.8 Å². The number of likely N-dealkylation sites (N-methyl/N-ethyl adjacent to an activating group) is 1. The smallest absolute Gasteiger partial charge is 0.317 e. The molecule has 1 N–H and O–H groups in total. The Balaban J connectivity index is 1.47. The van der Waals surface area contributed by atoms with Crippen LogP contribution in [0.5, 0.6) is 0 Å². The Kier molecular flexibility index (Phi) is 3.81. The number of piperidine rings is 1. The summed E-state index contributed by atoms with van der Waals surface area (Å²) in [4.78, 5) is 55.4. The van der Waals surface area contributed by atoms with E-state index in [1.165, 1.54) is 6.07 Å². The zero-order valence-corrected chi connectivity index (χ0v) is 16.6. The first-order valence-corrected chi connectivity index (χ1v) is 10.1. The van der Waals surface area contributed by atoms with Crippen molar-refractivity contribution in [3.05, 3.63) is 34.2 Å². The highest BCUT2D eigenvalue weighted by Gasteiger charge is 2.56. The fraction of sp³-hybridized carbons (Fsp3) is 0.600. The summed E-state index contributed by atoms with van der Waals surface area (Å²) in [7, 11) is 1.75. The molecule has 4 aliphatic rings. The molecule has 4 amide bonds. The summed E-state index contributed by atoms with van der Waals surface area (Å²) in [5.74, 6) is -0.110. The SMILES string of the molecule is CC(=O)N1C[C@H]2C[C@@H](C1)[C@H](C(=O)N1CC3(CNC(=O)N3C)C1)n1c2cccc1=O. The third-order valence-corrected chi connectivity index (χ3v) is 7.21. The van der Waals surface area contributed by atoms with E-state index in [1.807, 2.05) is 6.07 Å². The number of nitrogens with one attached hydrogen (secondary N) is 1. The number of fused-ring (bicyclic) bond motifs is 4. The van der Waals surface area contributed by atoms with Gasteiger partial charge in [0.1, 0.15) is 6.04 Å². The van der Waals surface area contributed by atoms with E-state index in [4.69, 9.17) is 0 Å². The van der Waals surface area contributed by atoms with Gasteiger partial charge in [0.25, 0.3) is 5.56 Å². The van der Waals surface area contributed by atoms with Gasteiger partial charge in [0.15, 0.2) is 0 Å². The first kappa shape index (κ1) is 18.2. The van der Waals surface area contributed by atoms with Gasteiger partial charge in [0, 0.05) is 70.3 Å². The van der Waals surface area contributed by atoms with Gasteiger partial charge in [-0.15, -0.1) is 0 Å². The van der Waals surface area contributed by atoms with Crippen LogP contribution in [0.3, 0.4) is 0 Å². The summed E-state index contributed by atoms with van der Waals surface area (Å²) in [5.41, 5.74) is 0.312. The Morgan fingerprint density at radius 3 is 2.55 bits per heavy atom. The highest BCUT2D eigenvalue weighted by molar-refractivity contribution is 5.84. The van der Waals surface area contributed by atoms with Crippen LogP contribution in [0.4, 0.5) is 4.79 Å². The van der Waals surface area contributed by atoms with Crippen LogP contribution in [0.15, 0.2) is 23.0 Å². The van der Waals surface area contributed by atoms with Crippen molar-refractivity contribution in [1.29, 1.82) is 0 Å². The molecule has 4 aliphatic heterocycles. The summed E-state index contributed by atoms with van der Waals surface area (Å²) in [5, 5.41) is 2.83. The molecule has 154 valence electrons. The molecule has 3 atom stereocenters. The maximum Gasteiger partial charge on any atom is 0.317 e. The number of carbonyl (C=O) groups is 3. The monoisotopic (exact) mass is 399 g/mol. The summed E-state index contributed by atoms with van der Waals surface area (Å²) in [6.07, 6.45) is 0.794. The molecule has 0 aliphatic carbocycles. The molecule has 0 radical (unpaired) electrons. The van der Waals surface area contributed by atoms with Crippen molar-refractivity contribution in [2.75, 3.05) is 39.8 Å². The van der Waals surface area contributed by atoms with Gasteiger partial charge in [-0.3, -0.25) is 19.0 Å². The molecule has 0 unspecified atom stereocenters.